The molecule has 2 amide bonds. The summed E-state index contributed by atoms with van der Waals surface area (Å²) in [5, 5.41) is 17.9. The number of ketones is 2. The van der Waals surface area contributed by atoms with Crippen LogP contribution in [-0.4, -0.2) is 131 Å². The van der Waals surface area contributed by atoms with Gasteiger partial charge >= 0.3 is 5.97 Å². The number of Topliss-reactive ketones (excluding diaryl/α,β-unsaturated/α-hetero) is 2. The van der Waals surface area contributed by atoms with Crippen LogP contribution < -0.4 is 0 Å². The Hall–Kier alpha value is -4.79. The van der Waals surface area contributed by atoms with E-state index in [0.717, 1.165) is 24.0 Å². The van der Waals surface area contributed by atoms with E-state index in [1.54, 1.807) is 26.2 Å². The summed E-state index contributed by atoms with van der Waals surface area (Å²) in [5.41, 5.74) is 1.83. The van der Waals surface area contributed by atoms with Gasteiger partial charge in [0.05, 0.1) is 36.8 Å². The number of likely N-dealkylation sites (tertiary alicyclic amines) is 1. The third-order valence-corrected chi connectivity index (χ3v) is 13.8. The van der Waals surface area contributed by atoms with Crippen LogP contribution in [0.15, 0.2) is 65.1 Å². The Labute approximate surface area is 393 Å². The first-order valence-corrected chi connectivity index (χ1v) is 24.0. The molecule has 14 heteroatoms. The molecule has 1 saturated heterocycles. The highest BCUT2D eigenvalue weighted by Crippen LogP contribution is 2.34. The van der Waals surface area contributed by atoms with Gasteiger partial charge in [-0.2, -0.15) is 0 Å². The van der Waals surface area contributed by atoms with E-state index in [9.17, 15) is 24.0 Å². The number of carbonyl (C=O) groups excluding carboxylic acids is 4. The number of rotatable bonds is 28. The molecule has 66 heavy (non-hydrogen) atoms. The van der Waals surface area contributed by atoms with Gasteiger partial charge in [-0.05, 0) is 74.7 Å². The number of aromatic nitrogens is 2. The van der Waals surface area contributed by atoms with Crippen LogP contribution in [0.3, 0.4) is 0 Å². The molecule has 14 nitrogen and oxygen atoms in total. The van der Waals surface area contributed by atoms with Gasteiger partial charge in [-0.25, -0.2) is 0 Å². The lowest BCUT2D eigenvalue weighted by molar-refractivity contribution is -0.149. The van der Waals surface area contributed by atoms with E-state index in [0.29, 0.717) is 44.1 Å². The summed E-state index contributed by atoms with van der Waals surface area (Å²) in [6.45, 7) is 14.7. The topological polar surface area (TPSA) is 173 Å². The molecular weight excluding hydrogens is 839 g/mol. The van der Waals surface area contributed by atoms with Crippen LogP contribution in [0.1, 0.15) is 117 Å². The number of carboxylic acids is 1. The highest BCUT2D eigenvalue weighted by Gasteiger charge is 2.43. The van der Waals surface area contributed by atoms with Crippen molar-refractivity contribution < 1.29 is 43.0 Å². The average molecular weight is 916 g/mol. The monoisotopic (exact) mass is 916 g/mol. The maximum Gasteiger partial charge on any atom is 0.303 e. The Morgan fingerprint density at radius 3 is 2.08 bits per heavy atom. The van der Waals surface area contributed by atoms with E-state index >= 15 is 0 Å². The minimum Gasteiger partial charge on any atom is -0.481 e. The lowest BCUT2D eigenvalue weighted by Gasteiger charge is -2.41. The van der Waals surface area contributed by atoms with Crippen molar-refractivity contribution in [2.75, 3.05) is 41.4 Å². The lowest BCUT2D eigenvalue weighted by Crippen LogP contribution is -2.54. The van der Waals surface area contributed by atoms with Gasteiger partial charge in [-0.15, -0.1) is 10.2 Å². The molecule has 3 aromatic rings. The highest BCUT2D eigenvalue weighted by atomic mass is 16.5. The van der Waals surface area contributed by atoms with Crippen molar-refractivity contribution >= 4 is 29.4 Å². The van der Waals surface area contributed by atoms with Gasteiger partial charge in [0.25, 0.3) is 0 Å². The molecule has 1 aliphatic heterocycles. The van der Waals surface area contributed by atoms with E-state index in [4.69, 9.17) is 19.0 Å². The molecule has 4 rings (SSSR count). The molecule has 2 heterocycles. The van der Waals surface area contributed by atoms with Gasteiger partial charge in [0.2, 0.25) is 23.6 Å². The van der Waals surface area contributed by atoms with Crippen molar-refractivity contribution in [1.29, 1.82) is 0 Å². The predicted octanol–water partition coefficient (Wildman–Crippen LogP) is 8.00. The smallest absolute Gasteiger partial charge is 0.303 e. The summed E-state index contributed by atoms with van der Waals surface area (Å²) in [7, 11) is 6.75. The molecule has 0 aliphatic carbocycles. The summed E-state index contributed by atoms with van der Waals surface area (Å²) in [4.78, 5) is 74.1. The summed E-state index contributed by atoms with van der Waals surface area (Å²) in [6.07, 6.45) is 2.06. The molecule has 2 aromatic carbocycles. The summed E-state index contributed by atoms with van der Waals surface area (Å²) < 4.78 is 18.4. The summed E-state index contributed by atoms with van der Waals surface area (Å²) >= 11 is 0. The second kappa shape index (κ2) is 25.9. The van der Waals surface area contributed by atoms with Crippen LogP contribution in [0.5, 0.6) is 0 Å². The molecule has 1 aromatic heterocycles. The Morgan fingerprint density at radius 2 is 1.50 bits per heavy atom. The van der Waals surface area contributed by atoms with Crippen molar-refractivity contribution in [3.63, 3.8) is 0 Å². The van der Waals surface area contributed by atoms with Gasteiger partial charge in [0.1, 0.15) is 5.78 Å². The molecule has 1 N–H and O–H groups in total. The zero-order valence-corrected chi connectivity index (χ0v) is 41.4. The van der Waals surface area contributed by atoms with Crippen molar-refractivity contribution in [2.45, 2.75) is 143 Å². The molecule has 1 fully saturated rings. The maximum absolute atomic E-state index is 14.6. The summed E-state index contributed by atoms with van der Waals surface area (Å²) in [5.74, 6) is -2.30. The molecular formula is C52H77N5O9. The third-order valence-electron chi connectivity index (χ3n) is 13.8. The molecule has 364 valence electrons. The number of aliphatic carboxylic acids is 1. The number of hydrogen-bond acceptors (Lipinski definition) is 11. The first-order chi connectivity index (χ1) is 31.4. The van der Waals surface area contributed by atoms with E-state index < -0.39 is 42.1 Å². The standard InChI is InChI=1S/C52H77N5O9/c1-12-35(6)48(56(9)52(63)40(33(2)3)31-43(59)47(34(4)5)55(8)27-20-26-46(61)62)44(64-10)32-45(60)57-28-19-25-41(57)49(65-11)36(7)42(58)30-39(29-37-21-15-13-16-22-37)51-54-53-50(66-51)38-23-17-14-18-24-38/h13-18,21-24,33-36,39-41,44,47-49H,12,19-20,25-32H2,1-11H3,(H,61,62)/t35-,36-,39+,40-,41-,44+,47-,48-,49+/m0/s1. The summed E-state index contributed by atoms with van der Waals surface area (Å²) in [6, 6.07) is 18.2. The zero-order valence-electron chi connectivity index (χ0n) is 41.4. The minimum atomic E-state index is -0.878. The van der Waals surface area contributed by atoms with Gasteiger partial charge in [-0.3, -0.25) is 28.9 Å². The van der Waals surface area contributed by atoms with E-state index in [1.807, 2.05) is 119 Å². The van der Waals surface area contributed by atoms with E-state index in [2.05, 4.69) is 17.1 Å². The maximum atomic E-state index is 14.6. The van der Waals surface area contributed by atoms with E-state index in [-0.39, 0.29) is 78.8 Å². The SMILES string of the molecule is CC[C@H](C)[C@@H]([C@@H](CC(=O)N1CCC[C@H]1[C@H](OC)[C@@H](C)C(=O)C[C@@H](Cc1ccccc1)c1nnc(-c2ccccc2)o1)OC)N(C)C(=O)[C@@H](CC(=O)[C@H](C(C)C)N(C)CCCC(=O)O)C(C)C. The van der Waals surface area contributed by atoms with Gasteiger partial charge < -0.3 is 28.8 Å². The van der Waals surface area contributed by atoms with Crippen molar-refractivity contribution in [2.24, 2.45) is 29.6 Å². The van der Waals surface area contributed by atoms with Crippen molar-refractivity contribution in [3.8, 4) is 11.5 Å². The zero-order chi connectivity index (χ0) is 48.7. The Bertz CT molecular complexity index is 1990. The van der Waals surface area contributed by atoms with Gasteiger partial charge in [0.15, 0.2) is 5.78 Å². The van der Waals surface area contributed by atoms with Crippen LogP contribution in [0.2, 0.25) is 0 Å². The Kier molecular flexibility index (Phi) is 21.2. The first kappa shape index (κ1) is 53.8. The molecule has 0 spiro atoms. The number of nitrogens with zero attached hydrogens (tertiary/aromatic N) is 5. The number of carboxylic acid groups (broad SMARTS) is 1. The van der Waals surface area contributed by atoms with Gasteiger partial charge in [-0.1, -0.05) is 103 Å². The fourth-order valence-corrected chi connectivity index (χ4v) is 9.96. The third kappa shape index (κ3) is 14.4. The van der Waals surface area contributed by atoms with Crippen LogP contribution in [0.25, 0.3) is 11.5 Å². The lowest BCUT2D eigenvalue weighted by atomic mass is 9.83. The number of methoxy groups -OCH3 is 2. The fourth-order valence-electron chi connectivity index (χ4n) is 9.96. The van der Waals surface area contributed by atoms with Crippen LogP contribution in [0, 0.1) is 29.6 Å². The highest BCUT2D eigenvalue weighted by molar-refractivity contribution is 5.90. The molecule has 0 saturated carbocycles. The average Bonchev–Trinajstić information content (AvgIpc) is 3.99. The first-order valence-electron chi connectivity index (χ1n) is 24.0. The molecule has 1 aliphatic rings. The van der Waals surface area contributed by atoms with Crippen LogP contribution in [-0.2, 0) is 39.9 Å². The van der Waals surface area contributed by atoms with Crippen LogP contribution in [0.4, 0.5) is 0 Å². The van der Waals surface area contributed by atoms with Crippen molar-refractivity contribution in [1.82, 2.24) is 24.9 Å². The largest absolute Gasteiger partial charge is 0.481 e. The van der Waals surface area contributed by atoms with Gasteiger partial charge in [0, 0.05) is 70.4 Å². The minimum absolute atomic E-state index is 0.0142. The molecule has 9 atom stereocenters. The number of hydrogen-bond donors (Lipinski definition) is 1. The molecule has 0 radical (unpaired) electrons. The Morgan fingerprint density at radius 1 is 0.848 bits per heavy atom. The predicted molar refractivity (Wildman–Crippen MR) is 254 cm³/mol. The Balaban J connectivity index is 1.50. The normalized spacial score (nSPS) is 17.8. The van der Waals surface area contributed by atoms with Crippen LogP contribution >= 0.6 is 0 Å². The molecule has 0 bridgehead atoms. The van der Waals surface area contributed by atoms with Crippen molar-refractivity contribution in [3.05, 3.63) is 72.1 Å². The number of likely N-dealkylation sites (N-methyl/N-ethyl adjacent to an activating group) is 2. The number of benzene rings is 2. The second-order valence-electron chi connectivity index (χ2n) is 19.1. The number of carbonyl (C=O) groups is 5. The fraction of sp³-hybridized carbons (Fsp3) is 0.635. The quantitative estimate of drug-likeness (QED) is 0.0745. The number of amides is 2. The number of ether oxygens (including phenoxy) is 2. The van der Waals surface area contributed by atoms with E-state index in [1.165, 1.54) is 0 Å². The molecule has 0 unspecified atom stereocenters. The second-order valence-corrected chi connectivity index (χ2v) is 19.1.